The number of hydrogen-bond donors (Lipinski definition) is 1. The molecule has 0 unspecified atom stereocenters. The molecule has 0 aromatic rings. The molecule has 41 heavy (non-hydrogen) atoms. The number of amides is 1. The second kappa shape index (κ2) is 10.6. The summed E-state index contributed by atoms with van der Waals surface area (Å²) in [5.41, 5.74) is 2.33. The first-order chi connectivity index (χ1) is 19.6. The van der Waals surface area contributed by atoms with Crippen molar-refractivity contribution in [2.75, 3.05) is 46.4 Å². The molecule has 1 amide bonds. The number of nitrogens with zero attached hydrogens (tertiary/aromatic N) is 2. The lowest BCUT2D eigenvalue weighted by Crippen LogP contribution is -2.53. The molecule has 3 saturated heterocycles. The van der Waals surface area contributed by atoms with Gasteiger partial charge in [-0.15, -0.1) is 0 Å². The smallest absolute Gasteiger partial charge is 0.221 e. The third kappa shape index (κ3) is 4.77. The summed E-state index contributed by atoms with van der Waals surface area (Å²) in [6.45, 7) is 16.1. The van der Waals surface area contributed by atoms with Crippen LogP contribution in [0.1, 0.15) is 91.9 Å². The Kier molecular flexibility index (Phi) is 7.44. The highest BCUT2D eigenvalue weighted by Gasteiger charge is 2.68. The van der Waals surface area contributed by atoms with Gasteiger partial charge in [-0.2, -0.15) is 0 Å². The van der Waals surface area contributed by atoms with Gasteiger partial charge in [0.1, 0.15) is 0 Å². The molecule has 4 aliphatic carbocycles. The number of hydrogen-bond acceptors (Lipinski definition) is 5. The van der Waals surface area contributed by atoms with E-state index in [9.17, 15) is 4.79 Å². The van der Waals surface area contributed by atoms with Gasteiger partial charge in [0.2, 0.25) is 5.91 Å². The standard InChI is InChI=1S/C35H57N3O3/c1-23-8-14-35(40-22-23)24(2)32-30(41-35)21-29-27-7-6-25-20-26(9-12-33(25,3)28(27)10-13-34(29,32)4)36-31(39)11-15-38-18-16-37(5)17-19-38/h6,23-24,26-30,32H,7-22H2,1-5H3,(H,36,39)/t23-,24+,26+,27-,28+,29+,30+,32+,33+,34+,35-/m1/s1. The molecule has 6 fully saturated rings. The fourth-order valence-electron chi connectivity index (χ4n) is 11.4. The van der Waals surface area contributed by atoms with Crippen LogP contribution in [0.2, 0.25) is 0 Å². The summed E-state index contributed by atoms with van der Waals surface area (Å²) in [5, 5.41) is 3.45. The van der Waals surface area contributed by atoms with E-state index in [0.717, 1.165) is 76.3 Å². The molecule has 0 radical (unpaired) electrons. The first-order valence-corrected chi connectivity index (χ1v) is 17.3. The van der Waals surface area contributed by atoms with Crippen LogP contribution in [0, 0.1) is 46.3 Å². The lowest BCUT2D eigenvalue weighted by molar-refractivity contribution is -0.272. The minimum absolute atomic E-state index is 0.251. The van der Waals surface area contributed by atoms with Crippen molar-refractivity contribution in [2.24, 2.45) is 46.3 Å². The van der Waals surface area contributed by atoms with Gasteiger partial charge in [-0.25, -0.2) is 0 Å². The van der Waals surface area contributed by atoms with Crippen LogP contribution in [0.3, 0.4) is 0 Å². The van der Waals surface area contributed by atoms with Crippen molar-refractivity contribution < 1.29 is 14.3 Å². The molecule has 1 spiro atoms. The van der Waals surface area contributed by atoms with Crippen molar-refractivity contribution in [3.63, 3.8) is 0 Å². The van der Waals surface area contributed by atoms with Gasteiger partial charge in [0, 0.05) is 57.5 Å². The number of allylic oxidation sites excluding steroid dienone is 1. The maximum atomic E-state index is 12.9. The topological polar surface area (TPSA) is 54.0 Å². The van der Waals surface area contributed by atoms with Gasteiger partial charge in [-0.3, -0.25) is 4.79 Å². The third-order valence-corrected chi connectivity index (χ3v) is 14.0. The minimum Gasteiger partial charge on any atom is -0.353 e. The summed E-state index contributed by atoms with van der Waals surface area (Å²) in [7, 11) is 2.18. The van der Waals surface area contributed by atoms with E-state index in [2.05, 4.69) is 55.9 Å². The summed E-state index contributed by atoms with van der Waals surface area (Å²) >= 11 is 0. The number of fused-ring (bicyclic) bond motifs is 7. The molecule has 0 bridgehead atoms. The van der Waals surface area contributed by atoms with E-state index in [1.54, 1.807) is 5.57 Å². The average molecular weight is 568 g/mol. The Labute approximate surface area is 249 Å². The Bertz CT molecular complexity index is 1030. The summed E-state index contributed by atoms with van der Waals surface area (Å²) in [4.78, 5) is 17.7. The van der Waals surface area contributed by atoms with Crippen LogP contribution < -0.4 is 5.32 Å². The summed E-state index contributed by atoms with van der Waals surface area (Å²) in [6, 6.07) is 0.314. The molecule has 1 N–H and O–H groups in total. The molecule has 3 heterocycles. The Hall–Kier alpha value is -0.950. The van der Waals surface area contributed by atoms with Gasteiger partial charge in [0.05, 0.1) is 12.7 Å². The van der Waals surface area contributed by atoms with Crippen LogP contribution in [-0.4, -0.2) is 80.0 Å². The van der Waals surface area contributed by atoms with Crippen LogP contribution in [0.5, 0.6) is 0 Å². The van der Waals surface area contributed by atoms with Gasteiger partial charge in [-0.05, 0) is 98.8 Å². The molecular weight excluding hydrogens is 510 g/mol. The van der Waals surface area contributed by atoms with Crippen molar-refractivity contribution in [3.8, 4) is 0 Å². The van der Waals surface area contributed by atoms with Crippen molar-refractivity contribution >= 4 is 5.91 Å². The molecule has 3 aliphatic heterocycles. The highest BCUT2D eigenvalue weighted by Crippen LogP contribution is 2.70. The van der Waals surface area contributed by atoms with Crippen LogP contribution in [0.4, 0.5) is 0 Å². The van der Waals surface area contributed by atoms with E-state index in [0.29, 0.717) is 47.2 Å². The first-order valence-electron chi connectivity index (χ1n) is 17.3. The van der Waals surface area contributed by atoms with E-state index in [-0.39, 0.29) is 11.7 Å². The largest absolute Gasteiger partial charge is 0.353 e. The molecular formula is C35H57N3O3. The van der Waals surface area contributed by atoms with E-state index in [4.69, 9.17) is 9.47 Å². The van der Waals surface area contributed by atoms with Crippen LogP contribution in [-0.2, 0) is 14.3 Å². The minimum atomic E-state index is -0.314. The van der Waals surface area contributed by atoms with Gasteiger partial charge in [0.25, 0.3) is 0 Å². The maximum Gasteiger partial charge on any atom is 0.221 e. The predicted octanol–water partition coefficient (Wildman–Crippen LogP) is 5.48. The zero-order valence-corrected chi connectivity index (χ0v) is 26.6. The summed E-state index contributed by atoms with van der Waals surface area (Å²) < 4.78 is 13.5. The highest BCUT2D eigenvalue weighted by molar-refractivity contribution is 5.76. The Morgan fingerprint density at radius 1 is 1.05 bits per heavy atom. The zero-order chi connectivity index (χ0) is 28.6. The SMILES string of the molecule is C[C@@H]1CC[C@@]2(OC1)O[C@H]1C[C@H]3[C@@H]4CC=C5C[C@@H](NC(=O)CCN6CCN(C)CC6)CC[C@]5(C)[C@H]4CC[C@]3(C)[C@H]1[C@@H]2C. The first kappa shape index (κ1) is 28.8. The average Bonchev–Trinajstić information content (AvgIpc) is 3.40. The van der Waals surface area contributed by atoms with Crippen molar-refractivity contribution in [3.05, 3.63) is 11.6 Å². The number of piperazine rings is 1. The zero-order valence-electron chi connectivity index (χ0n) is 26.6. The fraction of sp³-hybridized carbons (Fsp3) is 0.914. The number of carbonyl (C=O) groups is 1. The van der Waals surface area contributed by atoms with Gasteiger partial charge in [0.15, 0.2) is 5.79 Å². The number of ether oxygens (including phenoxy) is 2. The molecule has 6 nitrogen and oxygen atoms in total. The lowest BCUT2D eigenvalue weighted by atomic mass is 9.46. The predicted molar refractivity (Wildman–Crippen MR) is 162 cm³/mol. The van der Waals surface area contributed by atoms with E-state index >= 15 is 0 Å². The Morgan fingerprint density at radius 3 is 2.61 bits per heavy atom. The van der Waals surface area contributed by atoms with Crippen LogP contribution >= 0.6 is 0 Å². The normalized spacial score (nSPS) is 50.0. The molecule has 11 atom stereocenters. The Morgan fingerprint density at radius 2 is 1.85 bits per heavy atom. The van der Waals surface area contributed by atoms with E-state index in [1.807, 2.05) is 0 Å². The summed E-state index contributed by atoms with van der Waals surface area (Å²) in [5.74, 6) is 4.05. The van der Waals surface area contributed by atoms with Gasteiger partial charge in [-0.1, -0.05) is 39.3 Å². The van der Waals surface area contributed by atoms with E-state index in [1.165, 1.54) is 38.5 Å². The van der Waals surface area contributed by atoms with Crippen LogP contribution in [0.15, 0.2) is 11.6 Å². The molecule has 3 saturated carbocycles. The molecule has 0 aromatic carbocycles. The second-order valence-corrected chi connectivity index (χ2v) is 16.2. The third-order valence-electron chi connectivity index (χ3n) is 14.0. The van der Waals surface area contributed by atoms with Crippen molar-refractivity contribution in [1.29, 1.82) is 0 Å². The van der Waals surface area contributed by atoms with Gasteiger partial charge >= 0.3 is 0 Å². The van der Waals surface area contributed by atoms with E-state index < -0.39 is 0 Å². The molecule has 230 valence electrons. The molecule has 0 aromatic heterocycles. The van der Waals surface area contributed by atoms with Gasteiger partial charge < -0.3 is 24.6 Å². The van der Waals surface area contributed by atoms with Crippen molar-refractivity contribution in [1.82, 2.24) is 15.1 Å². The number of carbonyl (C=O) groups excluding carboxylic acids is 1. The number of likely N-dealkylation sites (N-methyl/N-ethyl adjacent to an activating group) is 1. The summed E-state index contributed by atoms with van der Waals surface area (Å²) in [6.07, 6.45) is 14.5. The highest BCUT2D eigenvalue weighted by atomic mass is 16.7. The lowest BCUT2D eigenvalue weighted by Gasteiger charge is -2.58. The number of rotatable bonds is 4. The quantitative estimate of drug-likeness (QED) is 0.457. The molecule has 7 aliphatic rings. The van der Waals surface area contributed by atoms with Crippen LogP contribution in [0.25, 0.3) is 0 Å². The number of nitrogens with one attached hydrogen (secondary N) is 1. The second-order valence-electron chi connectivity index (χ2n) is 16.2. The fourth-order valence-corrected chi connectivity index (χ4v) is 11.4. The monoisotopic (exact) mass is 567 g/mol. The molecule has 6 heteroatoms. The Balaban J connectivity index is 0.988. The maximum absolute atomic E-state index is 12.9. The van der Waals surface area contributed by atoms with Crippen molar-refractivity contribution in [2.45, 2.75) is 110 Å². The molecule has 7 rings (SSSR count).